The lowest BCUT2D eigenvalue weighted by molar-refractivity contribution is 0.391. The molecule has 3 rings (SSSR count). The molecule has 1 aliphatic rings. The number of phenolic OH excluding ortho intramolecular Hbond substituents is 1. The lowest BCUT2D eigenvalue weighted by atomic mass is 10.1. The number of benzene rings is 1. The zero-order valence-electron chi connectivity index (χ0n) is 10.4. The molecule has 0 aliphatic heterocycles. The van der Waals surface area contributed by atoms with Crippen LogP contribution in [0.1, 0.15) is 42.3 Å². The Labute approximate surface area is 106 Å². The first-order valence-corrected chi connectivity index (χ1v) is 6.36. The van der Waals surface area contributed by atoms with Gasteiger partial charge in [-0.15, -0.1) is 0 Å². The molecule has 1 heterocycles. The van der Waals surface area contributed by atoms with Crippen LogP contribution in [0.15, 0.2) is 41.0 Å². The Kier molecular flexibility index (Phi) is 2.84. The van der Waals surface area contributed by atoms with Gasteiger partial charge in [0.2, 0.25) is 0 Å². The van der Waals surface area contributed by atoms with Gasteiger partial charge in [0.05, 0.1) is 12.3 Å². The molecule has 2 aromatic rings. The number of nitrogens with one attached hydrogen (secondary N) is 1. The lowest BCUT2D eigenvalue weighted by Gasteiger charge is -2.18. The second-order valence-electron chi connectivity index (χ2n) is 4.84. The molecule has 0 spiro atoms. The van der Waals surface area contributed by atoms with E-state index in [1.165, 1.54) is 5.56 Å². The number of rotatable bonds is 3. The van der Waals surface area contributed by atoms with Crippen LogP contribution in [0.2, 0.25) is 0 Å². The molecule has 0 fully saturated rings. The largest absolute Gasteiger partial charge is 0.508 e. The normalized spacial score (nSPS) is 19.7. The Balaban J connectivity index is 1.79. The van der Waals surface area contributed by atoms with E-state index in [4.69, 9.17) is 4.42 Å². The van der Waals surface area contributed by atoms with Crippen molar-refractivity contribution in [1.82, 2.24) is 5.32 Å². The molecule has 2 N–H and O–H groups in total. The summed E-state index contributed by atoms with van der Waals surface area (Å²) in [5.41, 5.74) is 2.30. The van der Waals surface area contributed by atoms with Gasteiger partial charge in [-0.2, -0.15) is 0 Å². The summed E-state index contributed by atoms with van der Waals surface area (Å²) in [4.78, 5) is 0. The maximum absolute atomic E-state index is 9.82. The highest BCUT2D eigenvalue weighted by atomic mass is 16.3. The quantitative estimate of drug-likeness (QED) is 0.869. The molecular formula is C15H17NO2. The molecule has 2 atom stereocenters. The van der Waals surface area contributed by atoms with Crippen LogP contribution in [0.3, 0.4) is 0 Å². The fourth-order valence-electron chi connectivity index (χ4n) is 2.73. The fraction of sp³-hybridized carbons (Fsp3) is 0.333. The summed E-state index contributed by atoms with van der Waals surface area (Å²) in [5.74, 6) is 1.37. The summed E-state index contributed by atoms with van der Waals surface area (Å²) in [6.07, 6.45) is 3.66. The molecule has 0 saturated heterocycles. The highest BCUT2D eigenvalue weighted by molar-refractivity contribution is 5.44. The molecule has 0 bridgehead atoms. The molecule has 2 unspecified atom stereocenters. The summed E-state index contributed by atoms with van der Waals surface area (Å²) in [5, 5.41) is 13.4. The fourth-order valence-corrected chi connectivity index (χ4v) is 2.73. The third kappa shape index (κ3) is 1.91. The molecule has 18 heavy (non-hydrogen) atoms. The van der Waals surface area contributed by atoms with E-state index in [9.17, 15) is 5.11 Å². The molecule has 1 aromatic heterocycles. The van der Waals surface area contributed by atoms with E-state index in [0.717, 1.165) is 24.2 Å². The monoisotopic (exact) mass is 243 g/mol. The third-order valence-corrected chi connectivity index (χ3v) is 3.67. The van der Waals surface area contributed by atoms with E-state index in [-0.39, 0.29) is 6.04 Å². The average Bonchev–Trinajstić information content (AvgIpc) is 2.99. The van der Waals surface area contributed by atoms with Crippen molar-refractivity contribution in [1.29, 1.82) is 0 Å². The molecule has 3 heteroatoms. The van der Waals surface area contributed by atoms with Gasteiger partial charge in [0.1, 0.15) is 11.5 Å². The zero-order chi connectivity index (χ0) is 12.5. The van der Waals surface area contributed by atoms with Crippen molar-refractivity contribution in [3.63, 3.8) is 0 Å². The average molecular weight is 243 g/mol. The van der Waals surface area contributed by atoms with Crippen molar-refractivity contribution in [2.24, 2.45) is 0 Å². The van der Waals surface area contributed by atoms with Crippen molar-refractivity contribution in [3.05, 3.63) is 53.5 Å². The van der Waals surface area contributed by atoms with Gasteiger partial charge < -0.3 is 14.8 Å². The van der Waals surface area contributed by atoms with Gasteiger partial charge in [-0.25, -0.2) is 0 Å². The van der Waals surface area contributed by atoms with Crippen molar-refractivity contribution >= 4 is 0 Å². The molecular weight excluding hydrogens is 226 g/mol. The van der Waals surface area contributed by atoms with Crippen molar-refractivity contribution in [3.8, 4) is 5.75 Å². The van der Waals surface area contributed by atoms with E-state index < -0.39 is 0 Å². The smallest absolute Gasteiger partial charge is 0.120 e. The van der Waals surface area contributed by atoms with E-state index in [1.807, 2.05) is 18.2 Å². The predicted molar refractivity (Wildman–Crippen MR) is 69.4 cm³/mol. The summed E-state index contributed by atoms with van der Waals surface area (Å²) in [6, 6.07) is 10.1. The van der Waals surface area contributed by atoms with Gasteiger partial charge in [0, 0.05) is 6.04 Å². The van der Waals surface area contributed by atoms with Crippen molar-refractivity contribution in [2.45, 2.75) is 31.8 Å². The SMILES string of the molecule is CC(NC1CCc2c(O)cccc21)c1ccco1. The van der Waals surface area contributed by atoms with Crippen LogP contribution in [0.25, 0.3) is 0 Å². The molecule has 1 aromatic carbocycles. The topological polar surface area (TPSA) is 45.4 Å². The van der Waals surface area contributed by atoms with Gasteiger partial charge >= 0.3 is 0 Å². The highest BCUT2D eigenvalue weighted by Crippen LogP contribution is 2.37. The van der Waals surface area contributed by atoms with Crippen LogP contribution in [-0.2, 0) is 6.42 Å². The van der Waals surface area contributed by atoms with Gasteiger partial charge in [-0.3, -0.25) is 0 Å². The molecule has 0 radical (unpaired) electrons. The molecule has 3 nitrogen and oxygen atoms in total. The second-order valence-corrected chi connectivity index (χ2v) is 4.84. The van der Waals surface area contributed by atoms with Crippen LogP contribution < -0.4 is 5.32 Å². The number of hydrogen-bond acceptors (Lipinski definition) is 3. The summed E-state index contributed by atoms with van der Waals surface area (Å²) >= 11 is 0. The van der Waals surface area contributed by atoms with Crippen molar-refractivity contribution in [2.75, 3.05) is 0 Å². The summed E-state index contributed by atoms with van der Waals surface area (Å²) in [7, 11) is 0. The lowest BCUT2D eigenvalue weighted by Crippen LogP contribution is -2.22. The Bertz CT molecular complexity index is 533. The first-order chi connectivity index (χ1) is 8.75. The van der Waals surface area contributed by atoms with Crippen molar-refractivity contribution < 1.29 is 9.52 Å². The highest BCUT2D eigenvalue weighted by Gasteiger charge is 2.26. The second kappa shape index (κ2) is 4.50. The minimum Gasteiger partial charge on any atom is -0.508 e. The van der Waals surface area contributed by atoms with E-state index in [0.29, 0.717) is 11.8 Å². The summed E-state index contributed by atoms with van der Waals surface area (Å²) in [6.45, 7) is 2.10. The van der Waals surface area contributed by atoms with Crippen LogP contribution in [0.4, 0.5) is 0 Å². The third-order valence-electron chi connectivity index (χ3n) is 3.67. The minimum absolute atomic E-state index is 0.179. The maximum Gasteiger partial charge on any atom is 0.120 e. The first kappa shape index (κ1) is 11.4. The number of furan rings is 1. The molecule has 1 aliphatic carbocycles. The van der Waals surface area contributed by atoms with Gasteiger partial charge in [0.15, 0.2) is 0 Å². The number of hydrogen-bond donors (Lipinski definition) is 2. The Hall–Kier alpha value is -1.74. The number of aromatic hydroxyl groups is 1. The minimum atomic E-state index is 0.179. The summed E-state index contributed by atoms with van der Waals surface area (Å²) < 4.78 is 5.41. The Morgan fingerprint density at radius 2 is 2.22 bits per heavy atom. The van der Waals surface area contributed by atoms with Gasteiger partial charge in [-0.1, -0.05) is 12.1 Å². The van der Waals surface area contributed by atoms with Crippen LogP contribution >= 0.6 is 0 Å². The van der Waals surface area contributed by atoms with Gasteiger partial charge in [0.25, 0.3) is 0 Å². The molecule has 0 saturated carbocycles. The standard InChI is InChI=1S/C15H17NO2/c1-10(15-6-3-9-18-15)16-13-8-7-12-11(13)4-2-5-14(12)17/h2-6,9-10,13,16-17H,7-8H2,1H3. The predicted octanol–water partition coefficient (Wildman–Crippen LogP) is 3.32. The zero-order valence-corrected chi connectivity index (χ0v) is 10.4. The van der Waals surface area contributed by atoms with E-state index in [1.54, 1.807) is 12.3 Å². The first-order valence-electron chi connectivity index (χ1n) is 6.36. The van der Waals surface area contributed by atoms with Crippen LogP contribution in [-0.4, -0.2) is 5.11 Å². The van der Waals surface area contributed by atoms with E-state index in [2.05, 4.69) is 18.3 Å². The van der Waals surface area contributed by atoms with E-state index >= 15 is 0 Å². The Morgan fingerprint density at radius 3 is 3.00 bits per heavy atom. The molecule has 94 valence electrons. The van der Waals surface area contributed by atoms with Crippen LogP contribution in [0.5, 0.6) is 5.75 Å². The van der Waals surface area contributed by atoms with Crippen LogP contribution in [0, 0.1) is 0 Å². The molecule has 0 amide bonds. The van der Waals surface area contributed by atoms with Gasteiger partial charge in [-0.05, 0) is 49.1 Å². The number of fused-ring (bicyclic) bond motifs is 1. The Morgan fingerprint density at radius 1 is 1.33 bits per heavy atom. The maximum atomic E-state index is 9.82. The number of phenols is 1.